The highest BCUT2D eigenvalue weighted by atomic mass is 16.6. The van der Waals surface area contributed by atoms with Crippen molar-refractivity contribution in [1.29, 1.82) is 0 Å². The maximum atomic E-state index is 12.1. The summed E-state index contributed by atoms with van der Waals surface area (Å²) in [5.41, 5.74) is -1.66. The molecule has 0 saturated heterocycles. The number of amides is 2. The van der Waals surface area contributed by atoms with E-state index in [1.54, 1.807) is 6.92 Å². The number of hydrogen-bond acceptors (Lipinski definition) is 5. The molecule has 0 aliphatic heterocycles. The Morgan fingerprint density at radius 2 is 2.00 bits per heavy atom. The number of aliphatic carboxylic acids is 1. The van der Waals surface area contributed by atoms with Crippen LogP contribution >= 0.6 is 0 Å². The van der Waals surface area contributed by atoms with Crippen molar-refractivity contribution >= 4 is 23.5 Å². The summed E-state index contributed by atoms with van der Waals surface area (Å²) in [4.78, 5) is 45.4. The number of nitro benzene ring substituents is 1. The van der Waals surface area contributed by atoms with Crippen LogP contribution in [0.2, 0.25) is 0 Å². The van der Waals surface area contributed by atoms with E-state index in [1.807, 2.05) is 0 Å². The summed E-state index contributed by atoms with van der Waals surface area (Å²) in [6.07, 6.45) is 0.166. The normalized spacial score (nSPS) is 14.1. The van der Waals surface area contributed by atoms with Gasteiger partial charge in [0.15, 0.2) is 0 Å². The van der Waals surface area contributed by atoms with Crippen molar-refractivity contribution < 1.29 is 24.4 Å². The molecule has 0 saturated carbocycles. The topological polar surface area (TPSA) is 139 Å². The fourth-order valence-corrected chi connectivity index (χ4v) is 1.78. The summed E-state index contributed by atoms with van der Waals surface area (Å²) < 4.78 is 0. The van der Waals surface area contributed by atoms with Crippen LogP contribution in [0.15, 0.2) is 24.3 Å². The van der Waals surface area contributed by atoms with Gasteiger partial charge in [-0.05, 0) is 26.3 Å². The molecule has 9 nitrogen and oxygen atoms in total. The first-order valence-corrected chi connectivity index (χ1v) is 7.21. The van der Waals surface area contributed by atoms with Gasteiger partial charge in [-0.3, -0.25) is 19.7 Å². The highest BCUT2D eigenvalue weighted by Gasteiger charge is 2.34. The van der Waals surface area contributed by atoms with Gasteiger partial charge in [0.2, 0.25) is 5.91 Å². The average Bonchev–Trinajstić information content (AvgIpc) is 2.54. The van der Waals surface area contributed by atoms with E-state index in [4.69, 9.17) is 5.11 Å². The molecule has 1 aromatic rings. The Hall–Kier alpha value is -2.97. The predicted octanol–water partition coefficient (Wildman–Crippen LogP) is 1.08. The van der Waals surface area contributed by atoms with Gasteiger partial charge < -0.3 is 15.7 Å². The van der Waals surface area contributed by atoms with Crippen LogP contribution in [0.3, 0.4) is 0 Å². The molecule has 0 fully saturated rings. The molecular formula is C15H19N3O6. The van der Waals surface area contributed by atoms with E-state index < -0.39 is 34.3 Å². The summed E-state index contributed by atoms with van der Waals surface area (Å²) >= 11 is 0. The van der Waals surface area contributed by atoms with E-state index >= 15 is 0 Å². The number of carboxylic acids is 1. The maximum absolute atomic E-state index is 12.1. The third-order valence-corrected chi connectivity index (χ3v) is 3.64. The van der Waals surface area contributed by atoms with Crippen molar-refractivity contribution in [2.45, 2.75) is 38.8 Å². The van der Waals surface area contributed by atoms with Crippen molar-refractivity contribution in [3.8, 4) is 0 Å². The van der Waals surface area contributed by atoms with Crippen LogP contribution in [-0.2, 0) is 9.59 Å². The molecule has 0 spiro atoms. The minimum absolute atomic E-state index is 0.0281. The summed E-state index contributed by atoms with van der Waals surface area (Å²) in [7, 11) is 0. The number of nitrogens with one attached hydrogen (secondary N) is 2. The zero-order chi connectivity index (χ0) is 18.5. The van der Waals surface area contributed by atoms with Gasteiger partial charge in [-0.2, -0.15) is 0 Å². The first-order chi connectivity index (χ1) is 11.1. The average molecular weight is 337 g/mol. The van der Waals surface area contributed by atoms with Crippen LogP contribution in [-0.4, -0.2) is 39.4 Å². The Kier molecular flexibility index (Phi) is 5.99. The highest BCUT2D eigenvalue weighted by Crippen LogP contribution is 2.13. The number of hydrogen-bond donors (Lipinski definition) is 3. The van der Waals surface area contributed by atoms with Crippen LogP contribution in [0.4, 0.5) is 5.69 Å². The number of nitrogens with zero attached hydrogens (tertiary/aromatic N) is 1. The van der Waals surface area contributed by atoms with E-state index in [-0.39, 0.29) is 17.7 Å². The van der Waals surface area contributed by atoms with Gasteiger partial charge in [-0.1, -0.05) is 13.0 Å². The van der Waals surface area contributed by atoms with Gasteiger partial charge >= 0.3 is 5.97 Å². The fraction of sp³-hybridized carbons (Fsp3) is 0.400. The van der Waals surface area contributed by atoms with Crippen molar-refractivity contribution in [3.63, 3.8) is 0 Å². The van der Waals surface area contributed by atoms with Gasteiger partial charge in [-0.15, -0.1) is 0 Å². The lowest BCUT2D eigenvalue weighted by Gasteiger charge is -2.26. The van der Waals surface area contributed by atoms with Crippen LogP contribution in [0.5, 0.6) is 0 Å². The molecule has 0 heterocycles. The van der Waals surface area contributed by atoms with Crippen LogP contribution in [0.25, 0.3) is 0 Å². The Morgan fingerprint density at radius 3 is 2.50 bits per heavy atom. The van der Waals surface area contributed by atoms with Crippen molar-refractivity contribution in [2.24, 2.45) is 0 Å². The molecule has 2 atom stereocenters. The summed E-state index contributed by atoms with van der Waals surface area (Å²) in [5, 5.41) is 24.6. The minimum Gasteiger partial charge on any atom is -0.480 e. The highest BCUT2D eigenvalue weighted by molar-refractivity contribution is 5.98. The van der Waals surface area contributed by atoms with Crippen LogP contribution < -0.4 is 10.6 Å². The Morgan fingerprint density at radius 1 is 1.38 bits per heavy atom. The second kappa shape index (κ2) is 7.53. The van der Waals surface area contributed by atoms with E-state index in [1.165, 1.54) is 32.0 Å². The SMILES string of the molecule is CCC(C)(NC(=O)C(C)NC(=O)c1cccc([N+](=O)[O-])c1)C(=O)O. The number of nitro groups is 1. The monoisotopic (exact) mass is 337 g/mol. The molecule has 9 heteroatoms. The Balaban J connectivity index is 2.80. The molecule has 0 bridgehead atoms. The van der Waals surface area contributed by atoms with Gasteiger partial charge in [0.05, 0.1) is 4.92 Å². The predicted molar refractivity (Wildman–Crippen MR) is 84.5 cm³/mol. The van der Waals surface area contributed by atoms with Gasteiger partial charge in [-0.25, -0.2) is 4.79 Å². The second-order valence-electron chi connectivity index (χ2n) is 5.48. The first-order valence-electron chi connectivity index (χ1n) is 7.21. The van der Waals surface area contributed by atoms with E-state index in [9.17, 15) is 24.5 Å². The maximum Gasteiger partial charge on any atom is 0.329 e. The molecular weight excluding hydrogens is 318 g/mol. The lowest BCUT2D eigenvalue weighted by molar-refractivity contribution is -0.384. The molecule has 0 aliphatic rings. The molecule has 1 rings (SSSR count). The molecule has 1 aromatic carbocycles. The number of carbonyl (C=O) groups is 3. The van der Waals surface area contributed by atoms with E-state index in [0.29, 0.717) is 0 Å². The van der Waals surface area contributed by atoms with Crippen LogP contribution in [0, 0.1) is 10.1 Å². The second-order valence-corrected chi connectivity index (χ2v) is 5.48. The molecule has 2 amide bonds. The summed E-state index contributed by atoms with van der Waals surface area (Å²) in [6.45, 7) is 4.37. The quantitative estimate of drug-likeness (QED) is 0.502. The van der Waals surface area contributed by atoms with Crippen molar-refractivity contribution in [2.75, 3.05) is 0 Å². The van der Waals surface area contributed by atoms with E-state index in [2.05, 4.69) is 10.6 Å². The lowest BCUT2D eigenvalue weighted by Crippen LogP contribution is -2.56. The number of benzene rings is 1. The minimum atomic E-state index is -1.44. The van der Waals surface area contributed by atoms with Crippen molar-refractivity contribution in [1.82, 2.24) is 10.6 Å². The van der Waals surface area contributed by atoms with Gasteiger partial charge in [0.25, 0.3) is 11.6 Å². The molecule has 24 heavy (non-hydrogen) atoms. The number of rotatable bonds is 7. The zero-order valence-corrected chi connectivity index (χ0v) is 13.5. The number of carboxylic acid groups (broad SMARTS) is 1. The largest absolute Gasteiger partial charge is 0.480 e. The first kappa shape index (κ1) is 19.1. The zero-order valence-electron chi connectivity index (χ0n) is 13.5. The summed E-state index contributed by atoms with van der Waals surface area (Å²) in [5.74, 6) is -2.52. The number of carbonyl (C=O) groups excluding carboxylic acids is 2. The standard InChI is InChI=1S/C15H19N3O6/c1-4-15(3,14(21)22)17-12(19)9(2)16-13(20)10-6-5-7-11(8-10)18(23)24/h5-9H,4H2,1-3H3,(H,16,20)(H,17,19)(H,21,22). The lowest BCUT2D eigenvalue weighted by atomic mass is 9.98. The fourth-order valence-electron chi connectivity index (χ4n) is 1.78. The Labute approximate surface area is 138 Å². The molecule has 0 aromatic heterocycles. The van der Waals surface area contributed by atoms with Crippen LogP contribution in [0.1, 0.15) is 37.6 Å². The third kappa shape index (κ3) is 4.51. The van der Waals surface area contributed by atoms with Crippen molar-refractivity contribution in [3.05, 3.63) is 39.9 Å². The van der Waals surface area contributed by atoms with Gasteiger partial charge in [0.1, 0.15) is 11.6 Å². The Bertz CT molecular complexity index is 675. The molecule has 0 aliphatic carbocycles. The van der Waals surface area contributed by atoms with E-state index in [0.717, 1.165) is 6.07 Å². The molecule has 0 radical (unpaired) electrons. The molecule has 3 N–H and O–H groups in total. The molecule has 2 unspecified atom stereocenters. The summed E-state index contributed by atoms with van der Waals surface area (Å²) in [6, 6.07) is 4.05. The van der Waals surface area contributed by atoms with Gasteiger partial charge in [0, 0.05) is 17.7 Å². The number of non-ortho nitro benzene ring substituents is 1. The molecule has 130 valence electrons. The third-order valence-electron chi connectivity index (χ3n) is 3.64. The smallest absolute Gasteiger partial charge is 0.329 e.